The fourth-order valence-electron chi connectivity index (χ4n) is 0.666. The zero-order valence-corrected chi connectivity index (χ0v) is 7.25. The summed E-state index contributed by atoms with van der Waals surface area (Å²) in [7, 11) is 0. The van der Waals surface area contributed by atoms with Crippen LogP contribution in [0.5, 0.6) is 0 Å². The zero-order chi connectivity index (χ0) is 10.4. The Bertz CT molecular complexity index is 159. The van der Waals surface area contributed by atoms with Gasteiger partial charge in [-0.25, -0.2) is 0 Å². The van der Waals surface area contributed by atoms with E-state index in [-0.39, 0.29) is 0 Å². The van der Waals surface area contributed by atoms with Crippen molar-refractivity contribution >= 4 is 5.97 Å². The van der Waals surface area contributed by atoms with Gasteiger partial charge in [0.05, 0.1) is 6.61 Å². The molecule has 4 N–H and O–H groups in total. The van der Waals surface area contributed by atoms with E-state index in [1.807, 2.05) is 0 Å². The van der Waals surface area contributed by atoms with Crippen LogP contribution in [0.15, 0.2) is 0 Å². The molecule has 6 nitrogen and oxygen atoms in total. The van der Waals surface area contributed by atoms with Crippen molar-refractivity contribution < 1.29 is 30.0 Å². The molecule has 0 heterocycles. The summed E-state index contributed by atoms with van der Waals surface area (Å²) in [5.74, 6) is -0.593. The van der Waals surface area contributed by atoms with Gasteiger partial charge in [-0.15, -0.1) is 0 Å². The van der Waals surface area contributed by atoms with Gasteiger partial charge in [-0.1, -0.05) is 0 Å². The molecule has 0 bridgehead atoms. The minimum atomic E-state index is -1.52. The molecule has 13 heavy (non-hydrogen) atoms. The number of aliphatic hydroxyl groups is 4. The molecule has 0 unspecified atom stereocenters. The van der Waals surface area contributed by atoms with Crippen LogP contribution in [0, 0.1) is 0 Å². The van der Waals surface area contributed by atoms with Crippen LogP contribution >= 0.6 is 0 Å². The van der Waals surface area contributed by atoms with Crippen molar-refractivity contribution in [3.63, 3.8) is 0 Å². The van der Waals surface area contributed by atoms with Crippen LogP contribution in [-0.2, 0) is 9.53 Å². The second-order valence-electron chi connectivity index (χ2n) is 2.61. The normalized spacial score (nSPS) is 17.6. The molecule has 0 radical (unpaired) electrons. The molecule has 0 aromatic rings. The predicted octanol–water partition coefficient (Wildman–Crippen LogP) is -2.38. The average molecular weight is 194 g/mol. The van der Waals surface area contributed by atoms with Gasteiger partial charge >= 0.3 is 5.97 Å². The highest BCUT2D eigenvalue weighted by molar-refractivity contribution is 5.65. The Hall–Kier alpha value is -0.690. The van der Waals surface area contributed by atoms with Crippen molar-refractivity contribution in [3.05, 3.63) is 0 Å². The lowest BCUT2D eigenvalue weighted by molar-refractivity contribution is -0.149. The molecule has 0 aliphatic carbocycles. The summed E-state index contributed by atoms with van der Waals surface area (Å²) >= 11 is 0. The third-order valence-electron chi connectivity index (χ3n) is 1.43. The smallest absolute Gasteiger partial charge is 0.302 e. The van der Waals surface area contributed by atoms with Gasteiger partial charge in [0.1, 0.15) is 24.9 Å². The summed E-state index contributed by atoms with van der Waals surface area (Å²) in [6, 6.07) is 0. The van der Waals surface area contributed by atoms with Crippen LogP contribution in [-0.4, -0.2) is 57.9 Å². The number of ether oxygens (including phenoxy) is 1. The van der Waals surface area contributed by atoms with Crippen LogP contribution in [0.1, 0.15) is 6.92 Å². The van der Waals surface area contributed by atoms with Gasteiger partial charge in [0.25, 0.3) is 0 Å². The Morgan fingerprint density at radius 2 is 1.85 bits per heavy atom. The molecule has 0 aliphatic heterocycles. The summed E-state index contributed by atoms with van der Waals surface area (Å²) in [4.78, 5) is 10.3. The van der Waals surface area contributed by atoms with E-state index < -0.39 is 37.5 Å². The van der Waals surface area contributed by atoms with E-state index in [0.717, 1.165) is 6.92 Å². The van der Waals surface area contributed by atoms with Crippen molar-refractivity contribution in [2.24, 2.45) is 0 Å². The quantitative estimate of drug-likeness (QED) is 0.364. The first kappa shape index (κ1) is 12.3. The molecule has 0 aromatic heterocycles. The van der Waals surface area contributed by atoms with Crippen LogP contribution in [0.2, 0.25) is 0 Å². The Morgan fingerprint density at radius 3 is 2.23 bits per heavy atom. The van der Waals surface area contributed by atoms with Crippen molar-refractivity contribution in [3.8, 4) is 0 Å². The largest absolute Gasteiger partial charge is 0.463 e. The maximum atomic E-state index is 10.3. The minimum Gasteiger partial charge on any atom is -0.463 e. The molecule has 0 aromatic carbocycles. The summed E-state index contributed by atoms with van der Waals surface area (Å²) in [5.41, 5.74) is 0. The summed E-state index contributed by atoms with van der Waals surface area (Å²) < 4.78 is 4.38. The Kier molecular flexibility index (Phi) is 5.56. The highest BCUT2D eigenvalue weighted by atomic mass is 16.5. The van der Waals surface area contributed by atoms with E-state index in [0.29, 0.717) is 0 Å². The van der Waals surface area contributed by atoms with Crippen molar-refractivity contribution in [2.45, 2.75) is 25.2 Å². The van der Waals surface area contributed by atoms with Gasteiger partial charge in [0.2, 0.25) is 0 Å². The number of hydrogen-bond donors (Lipinski definition) is 4. The molecule has 78 valence electrons. The summed E-state index contributed by atoms with van der Waals surface area (Å²) in [6.45, 7) is 0.0768. The number of aliphatic hydroxyl groups excluding tert-OH is 4. The molecule has 0 rings (SSSR count). The molecule has 0 aliphatic rings. The molecule has 0 saturated heterocycles. The van der Waals surface area contributed by atoms with Gasteiger partial charge in [-0.05, 0) is 0 Å². The van der Waals surface area contributed by atoms with Crippen molar-refractivity contribution in [1.29, 1.82) is 0 Å². The third kappa shape index (κ3) is 4.79. The molecular weight excluding hydrogens is 180 g/mol. The maximum Gasteiger partial charge on any atom is 0.302 e. The van der Waals surface area contributed by atoms with Gasteiger partial charge in [0.15, 0.2) is 0 Å². The molecule has 0 amide bonds. The van der Waals surface area contributed by atoms with E-state index in [2.05, 4.69) is 4.74 Å². The first-order chi connectivity index (χ1) is 5.99. The van der Waals surface area contributed by atoms with Gasteiger partial charge < -0.3 is 25.2 Å². The van der Waals surface area contributed by atoms with E-state index in [1.54, 1.807) is 0 Å². The second kappa shape index (κ2) is 5.87. The van der Waals surface area contributed by atoms with Crippen LogP contribution in [0.3, 0.4) is 0 Å². The number of carbonyl (C=O) groups excluding carboxylic acids is 1. The molecule has 0 saturated carbocycles. The van der Waals surface area contributed by atoms with Crippen molar-refractivity contribution in [2.75, 3.05) is 13.2 Å². The standard InChI is InChI=1S/C7H14O6/c1-4(9)13-3-6(11)7(12)5(10)2-8/h5-8,10-12H,2-3H2,1H3/t5-,6+,7+/m1/s1. The fraction of sp³-hybridized carbons (Fsp3) is 0.857. The Balaban J connectivity index is 3.81. The average Bonchev–Trinajstić information content (AvgIpc) is 2.11. The van der Waals surface area contributed by atoms with Crippen molar-refractivity contribution in [1.82, 2.24) is 0 Å². The lowest BCUT2D eigenvalue weighted by Gasteiger charge is -2.20. The first-order valence-electron chi connectivity index (χ1n) is 3.77. The highest BCUT2D eigenvalue weighted by Crippen LogP contribution is 2.00. The summed E-state index contributed by atoms with van der Waals surface area (Å²) in [5, 5.41) is 35.4. The first-order valence-corrected chi connectivity index (χ1v) is 3.77. The highest BCUT2D eigenvalue weighted by Gasteiger charge is 2.24. The van der Waals surface area contributed by atoms with Crippen LogP contribution in [0.4, 0.5) is 0 Å². The van der Waals surface area contributed by atoms with Gasteiger partial charge in [0, 0.05) is 6.92 Å². The second-order valence-corrected chi connectivity index (χ2v) is 2.61. The lowest BCUT2D eigenvalue weighted by atomic mass is 10.1. The molecular formula is C7H14O6. The van der Waals surface area contributed by atoms with E-state index in [9.17, 15) is 4.79 Å². The van der Waals surface area contributed by atoms with Crippen LogP contribution in [0.25, 0.3) is 0 Å². The number of esters is 1. The lowest BCUT2D eigenvalue weighted by Crippen LogP contribution is -2.42. The van der Waals surface area contributed by atoms with E-state index in [4.69, 9.17) is 20.4 Å². The third-order valence-corrected chi connectivity index (χ3v) is 1.43. The molecule has 0 fully saturated rings. The minimum absolute atomic E-state index is 0.409. The Labute approximate surface area is 75.4 Å². The number of rotatable bonds is 5. The topological polar surface area (TPSA) is 107 Å². The maximum absolute atomic E-state index is 10.3. The molecule has 3 atom stereocenters. The van der Waals surface area contributed by atoms with Gasteiger partial charge in [-0.2, -0.15) is 0 Å². The zero-order valence-electron chi connectivity index (χ0n) is 7.25. The SMILES string of the molecule is CC(=O)OC[C@H](O)[C@@H](O)[C@H](O)CO. The fourth-order valence-corrected chi connectivity index (χ4v) is 0.666. The van der Waals surface area contributed by atoms with Crippen LogP contribution < -0.4 is 0 Å². The van der Waals surface area contributed by atoms with Gasteiger partial charge in [-0.3, -0.25) is 4.79 Å². The summed E-state index contributed by atoms with van der Waals surface area (Å²) in [6.07, 6.45) is -4.36. The monoisotopic (exact) mass is 194 g/mol. The molecule has 0 spiro atoms. The van der Waals surface area contributed by atoms with E-state index >= 15 is 0 Å². The predicted molar refractivity (Wildman–Crippen MR) is 41.7 cm³/mol. The Morgan fingerprint density at radius 1 is 1.31 bits per heavy atom. The number of carbonyl (C=O) groups is 1. The van der Waals surface area contributed by atoms with E-state index in [1.165, 1.54) is 0 Å². The number of hydrogen-bond acceptors (Lipinski definition) is 6. The molecule has 6 heteroatoms.